The van der Waals surface area contributed by atoms with Crippen molar-refractivity contribution in [1.82, 2.24) is 0 Å². The zero-order valence-corrected chi connectivity index (χ0v) is 5.56. The number of hydrogen-bond donors (Lipinski definition) is 0. The molecule has 3 heteroatoms. The van der Waals surface area contributed by atoms with E-state index < -0.39 is 0 Å². The van der Waals surface area contributed by atoms with Gasteiger partial charge in [0, 0.05) is 7.11 Å². The van der Waals surface area contributed by atoms with E-state index in [9.17, 15) is 0 Å². The molecule has 6 heavy (non-hydrogen) atoms. The third-order valence-corrected chi connectivity index (χ3v) is 1.14. The van der Waals surface area contributed by atoms with Crippen LogP contribution in [0.2, 0.25) is 0 Å². The maximum absolute atomic E-state index is 4.78. The van der Waals surface area contributed by atoms with E-state index in [2.05, 4.69) is 0 Å². The van der Waals surface area contributed by atoms with Crippen LogP contribution < -0.4 is 0 Å². The van der Waals surface area contributed by atoms with E-state index in [0.717, 1.165) is 5.94 Å². The molecule has 1 atom stereocenters. The normalized spacial score (nSPS) is 14.3. The van der Waals surface area contributed by atoms with Gasteiger partial charge >= 0.3 is 0 Å². The van der Waals surface area contributed by atoms with Crippen molar-refractivity contribution in [3.8, 4) is 0 Å². The molecule has 0 aliphatic heterocycles. The first kappa shape index (κ1) is 6.53. The minimum Gasteiger partial charge on any atom is -0.374 e. The fourth-order valence-corrected chi connectivity index (χ4v) is 0.787. The van der Waals surface area contributed by atoms with Gasteiger partial charge in [-0.15, -0.1) is 0 Å². The lowest BCUT2D eigenvalue weighted by atomic mass is 11.5. The average molecular weight is 124 g/mol. The Hall–Kier alpha value is 0.530. The van der Waals surface area contributed by atoms with Crippen molar-refractivity contribution < 1.29 is 4.74 Å². The first-order chi connectivity index (χ1) is 2.77. The molecule has 0 fully saturated rings. The van der Waals surface area contributed by atoms with Crippen LogP contribution in [0.3, 0.4) is 0 Å². The van der Waals surface area contributed by atoms with Crippen molar-refractivity contribution in [3.05, 3.63) is 0 Å². The fourth-order valence-electron chi connectivity index (χ4n) is 0.166. The highest BCUT2D eigenvalue weighted by molar-refractivity contribution is 8.28. The molecule has 0 N–H and O–H groups in total. The van der Waals surface area contributed by atoms with Crippen LogP contribution in [-0.2, 0) is 25.4 Å². The molecule has 0 aliphatic rings. The van der Waals surface area contributed by atoms with Gasteiger partial charge in [0.25, 0.3) is 0 Å². The van der Waals surface area contributed by atoms with Gasteiger partial charge in [-0.1, -0.05) is 9.45 Å². The Bertz CT molecular complexity index is 52.8. The van der Waals surface area contributed by atoms with Crippen LogP contribution in [0, 0.1) is 0 Å². The van der Waals surface area contributed by atoms with E-state index >= 15 is 0 Å². The molecule has 0 saturated carbocycles. The van der Waals surface area contributed by atoms with Crippen LogP contribution >= 0.6 is 0 Å². The summed E-state index contributed by atoms with van der Waals surface area (Å²) in [6.45, 7) is 0. The molecule has 0 rings (SSSR count). The largest absolute Gasteiger partial charge is 0.374 e. The topological polar surface area (TPSA) is 9.23 Å². The molecule has 0 bridgehead atoms. The Morgan fingerprint density at radius 2 is 2.33 bits per heavy atom. The van der Waals surface area contributed by atoms with Crippen molar-refractivity contribution in [3.63, 3.8) is 0 Å². The van der Waals surface area contributed by atoms with Crippen LogP contribution in [0.1, 0.15) is 0 Å². The fraction of sp³-hybridized carbons (Fsp3) is 1.00. The Kier molecular flexibility index (Phi) is 4.04. The molecular weight excluding hydrogens is 116 g/mol. The summed E-state index contributed by atoms with van der Waals surface area (Å²) >= 11 is 4.78. The van der Waals surface area contributed by atoms with Crippen molar-refractivity contribution in [2.75, 3.05) is 19.3 Å². The van der Waals surface area contributed by atoms with Crippen molar-refractivity contribution in [2.24, 2.45) is 0 Å². The number of methoxy groups -OCH3 is 1. The molecule has 1 unspecified atom stereocenters. The lowest BCUT2D eigenvalue weighted by molar-refractivity contribution is 0.258. The molecule has 38 valence electrons. The molecule has 0 aromatic heterocycles. The molecule has 0 spiro atoms. The zero-order chi connectivity index (χ0) is 4.99. The van der Waals surface area contributed by atoms with Gasteiger partial charge in [-0.25, -0.2) is 0 Å². The Balaban J connectivity index is 2.83. The summed E-state index contributed by atoms with van der Waals surface area (Å²) in [7, 11) is 1.71. The van der Waals surface area contributed by atoms with E-state index in [4.69, 9.17) is 15.9 Å². The highest BCUT2D eigenvalue weighted by Crippen LogP contribution is 1.71. The quantitative estimate of drug-likeness (QED) is 0.523. The molecule has 1 nitrogen and oxygen atoms in total. The molecule has 0 saturated heterocycles. The SMILES string of the molecule is COCS(C)=S. The predicted molar refractivity (Wildman–Crippen MR) is 32.5 cm³/mol. The minimum atomic E-state index is 0.0455. The van der Waals surface area contributed by atoms with Gasteiger partial charge in [-0.2, -0.15) is 0 Å². The Morgan fingerprint density at radius 3 is 2.33 bits per heavy atom. The van der Waals surface area contributed by atoms with Crippen LogP contribution in [0.25, 0.3) is 0 Å². The Labute approximate surface area is 45.3 Å². The second-order valence-electron chi connectivity index (χ2n) is 0.980. The van der Waals surface area contributed by atoms with Gasteiger partial charge in [0.2, 0.25) is 0 Å². The predicted octanol–water partition coefficient (Wildman–Crippen LogP) is 0.300. The highest BCUT2D eigenvalue weighted by Gasteiger charge is 1.75. The smallest absolute Gasteiger partial charge is 0.0959 e. The van der Waals surface area contributed by atoms with Crippen LogP contribution in [0.15, 0.2) is 0 Å². The van der Waals surface area contributed by atoms with E-state index in [1.54, 1.807) is 7.11 Å². The van der Waals surface area contributed by atoms with Gasteiger partial charge < -0.3 is 4.74 Å². The van der Waals surface area contributed by atoms with E-state index in [1.165, 1.54) is 0 Å². The maximum atomic E-state index is 4.78. The number of rotatable bonds is 2. The van der Waals surface area contributed by atoms with Gasteiger partial charge in [-0.05, 0) is 17.4 Å². The lowest BCUT2D eigenvalue weighted by Crippen LogP contribution is -1.92. The highest BCUT2D eigenvalue weighted by atomic mass is 32.8. The van der Waals surface area contributed by atoms with Crippen LogP contribution in [0.4, 0.5) is 0 Å². The van der Waals surface area contributed by atoms with Crippen molar-refractivity contribution in [2.45, 2.75) is 0 Å². The first-order valence-electron chi connectivity index (χ1n) is 1.56. The minimum absolute atomic E-state index is 0.0455. The molecule has 0 heterocycles. The molecule has 0 aromatic carbocycles. The summed E-state index contributed by atoms with van der Waals surface area (Å²) in [5, 5.41) is 0. The van der Waals surface area contributed by atoms with E-state index in [0.29, 0.717) is 0 Å². The summed E-state index contributed by atoms with van der Waals surface area (Å²) in [6.07, 6.45) is 1.97. The summed E-state index contributed by atoms with van der Waals surface area (Å²) in [4.78, 5) is 0. The summed E-state index contributed by atoms with van der Waals surface area (Å²) in [5.41, 5.74) is 0. The Morgan fingerprint density at radius 1 is 1.83 bits per heavy atom. The molecular formula is C3H8OS2. The monoisotopic (exact) mass is 124 g/mol. The second kappa shape index (κ2) is 3.71. The lowest BCUT2D eigenvalue weighted by Gasteiger charge is -1.90. The number of hydrogen-bond acceptors (Lipinski definition) is 2. The average Bonchev–Trinajstić information content (AvgIpc) is 1.35. The first-order valence-corrected chi connectivity index (χ1v) is 4.29. The summed E-state index contributed by atoms with van der Waals surface area (Å²) in [6, 6.07) is 0. The third kappa shape index (κ3) is 4.53. The molecule has 0 aliphatic carbocycles. The van der Waals surface area contributed by atoms with Gasteiger partial charge in [0.05, 0.1) is 5.94 Å². The van der Waals surface area contributed by atoms with Crippen molar-refractivity contribution >= 4 is 20.6 Å². The molecule has 0 amide bonds. The molecule has 0 aromatic rings. The van der Waals surface area contributed by atoms with Gasteiger partial charge in [-0.3, -0.25) is 0 Å². The van der Waals surface area contributed by atoms with Crippen LogP contribution in [-0.4, -0.2) is 19.3 Å². The second-order valence-corrected chi connectivity index (χ2v) is 4.07. The van der Waals surface area contributed by atoms with Gasteiger partial charge in [0.1, 0.15) is 0 Å². The summed E-state index contributed by atoms with van der Waals surface area (Å²) < 4.78 is 4.71. The standard InChI is InChI=1S/C3H8OS2/c1-4-3-6(2)5/h3H2,1-2H3. The summed E-state index contributed by atoms with van der Waals surface area (Å²) in [5.74, 6) is 0.718. The van der Waals surface area contributed by atoms with E-state index in [-0.39, 0.29) is 9.45 Å². The van der Waals surface area contributed by atoms with Gasteiger partial charge in [0.15, 0.2) is 0 Å². The zero-order valence-electron chi connectivity index (χ0n) is 3.93. The maximum Gasteiger partial charge on any atom is 0.0959 e. The van der Waals surface area contributed by atoms with E-state index in [1.807, 2.05) is 6.26 Å². The van der Waals surface area contributed by atoms with Crippen LogP contribution in [0.5, 0.6) is 0 Å². The third-order valence-electron chi connectivity index (χ3n) is 0.284. The molecule has 0 radical (unpaired) electrons. The van der Waals surface area contributed by atoms with Crippen molar-refractivity contribution in [1.29, 1.82) is 0 Å². The number of ether oxygens (including phenoxy) is 1.